The highest BCUT2D eigenvalue weighted by Gasteiger charge is 2.13. The molecule has 0 atom stereocenters. The van der Waals surface area contributed by atoms with Gasteiger partial charge in [-0.05, 0) is 42.3 Å². The summed E-state index contributed by atoms with van der Waals surface area (Å²) in [6, 6.07) is 14.2. The Balaban J connectivity index is 1.69. The molecule has 0 aliphatic carbocycles. The molecule has 1 aromatic carbocycles. The number of carbonyl (C=O) groups excluding carboxylic acids is 2. The highest BCUT2D eigenvalue weighted by molar-refractivity contribution is 6.06. The van der Waals surface area contributed by atoms with Gasteiger partial charge in [-0.25, -0.2) is 0 Å². The Hall–Kier alpha value is -3.41. The van der Waals surface area contributed by atoms with Gasteiger partial charge in [0.2, 0.25) is 0 Å². The summed E-state index contributed by atoms with van der Waals surface area (Å²) in [5, 5.41) is 5.59. The first-order valence-electron chi connectivity index (χ1n) is 8.33. The smallest absolute Gasteiger partial charge is 0.270 e. The van der Waals surface area contributed by atoms with Crippen molar-refractivity contribution in [3.63, 3.8) is 0 Å². The molecule has 2 N–H and O–H groups in total. The number of hydrogen-bond acceptors (Lipinski definition) is 4. The Morgan fingerprint density at radius 1 is 1.08 bits per heavy atom. The second-order valence-corrected chi connectivity index (χ2v) is 5.66. The van der Waals surface area contributed by atoms with E-state index in [0.717, 1.165) is 17.7 Å². The Kier molecular flexibility index (Phi) is 5.43. The number of para-hydroxylation sites is 1. The molecule has 0 saturated heterocycles. The summed E-state index contributed by atoms with van der Waals surface area (Å²) in [5.41, 5.74) is 2.36. The van der Waals surface area contributed by atoms with E-state index in [4.69, 9.17) is 4.42 Å². The molecule has 2 aromatic heterocycles. The molecule has 132 valence electrons. The summed E-state index contributed by atoms with van der Waals surface area (Å²) < 4.78 is 5.17. The Labute approximate surface area is 151 Å². The van der Waals surface area contributed by atoms with E-state index < -0.39 is 0 Å². The van der Waals surface area contributed by atoms with Crippen LogP contribution in [0.3, 0.4) is 0 Å². The summed E-state index contributed by atoms with van der Waals surface area (Å²) in [7, 11) is 0. The van der Waals surface area contributed by atoms with Crippen molar-refractivity contribution in [3.05, 3.63) is 83.6 Å². The molecule has 6 heteroatoms. The first-order chi connectivity index (χ1) is 12.7. The van der Waals surface area contributed by atoms with Gasteiger partial charge in [0.1, 0.15) is 11.5 Å². The van der Waals surface area contributed by atoms with Crippen molar-refractivity contribution in [3.8, 4) is 0 Å². The van der Waals surface area contributed by atoms with E-state index in [1.807, 2.05) is 31.2 Å². The van der Waals surface area contributed by atoms with Crippen molar-refractivity contribution < 1.29 is 14.0 Å². The van der Waals surface area contributed by atoms with Crippen LogP contribution in [0.1, 0.15) is 39.1 Å². The molecular formula is C20H19N3O3. The van der Waals surface area contributed by atoms with Crippen molar-refractivity contribution in [1.29, 1.82) is 0 Å². The lowest BCUT2D eigenvalue weighted by Crippen LogP contribution is -2.24. The largest absolute Gasteiger partial charge is 0.467 e. The Morgan fingerprint density at radius 2 is 1.92 bits per heavy atom. The molecule has 3 aromatic rings. The number of rotatable bonds is 6. The van der Waals surface area contributed by atoms with Crippen LogP contribution in [-0.4, -0.2) is 16.8 Å². The van der Waals surface area contributed by atoms with E-state index in [9.17, 15) is 9.59 Å². The maximum atomic E-state index is 12.5. The number of aromatic nitrogens is 1. The molecule has 0 radical (unpaired) electrons. The molecule has 0 aliphatic rings. The quantitative estimate of drug-likeness (QED) is 0.714. The van der Waals surface area contributed by atoms with E-state index in [0.29, 0.717) is 11.3 Å². The summed E-state index contributed by atoms with van der Waals surface area (Å²) in [6.07, 6.45) is 3.80. The normalized spacial score (nSPS) is 10.3. The maximum absolute atomic E-state index is 12.5. The van der Waals surface area contributed by atoms with Crippen LogP contribution < -0.4 is 10.6 Å². The minimum atomic E-state index is -0.370. The fourth-order valence-electron chi connectivity index (χ4n) is 2.51. The van der Waals surface area contributed by atoms with Crippen molar-refractivity contribution >= 4 is 17.5 Å². The van der Waals surface area contributed by atoms with Gasteiger partial charge in [-0.3, -0.25) is 14.6 Å². The van der Waals surface area contributed by atoms with Gasteiger partial charge in [0, 0.05) is 17.4 Å². The molecule has 0 fully saturated rings. The summed E-state index contributed by atoms with van der Waals surface area (Å²) in [4.78, 5) is 28.8. The second kappa shape index (κ2) is 8.11. The third-order valence-electron chi connectivity index (χ3n) is 3.90. The molecule has 6 nitrogen and oxygen atoms in total. The third-order valence-corrected chi connectivity index (χ3v) is 3.90. The van der Waals surface area contributed by atoms with Crippen LogP contribution >= 0.6 is 0 Å². The van der Waals surface area contributed by atoms with E-state index in [2.05, 4.69) is 15.6 Å². The summed E-state index contributed by atoms with van der Waals surface area (Å²) >= 11 is 0. The molecule has 0 unspecified atom stereocenters. The standard InChI is InChI=1S/C20H19N3O3/c1-2-14-6-3-4-8-17(14)23-19(24)15-9-10-21-18(12-15)20(25)22-13-16-7-5-11-26-16/h3-12H,2,13H2,1H3,(H,22,25)(H,23,24). The van der Waals surface area contributed by atoms with Gasteiger partial charge in [0.05, 0.1) is 12.8 Å². The highest BCUT2D eigenvalue weighted by atomic mass is 16.3. The van der Waals surface area contributed by atoms with Gasteiger partial charge in [-0.1, -0.05) is 25.1 Å². The van der Waals surface area contributed by atoms with Crippen LogP contribution in [0.2, 0.25) is 0 Å². The third kappa shape index (κ3) is 4.16. The molecule has 2 amide bonds. The number of aryl methyl sites for hydroxylation is 1. The molecular weight excluding hydrogens is 330 g/mol. The Bertz CT molecular complexity index is 904. The average molecular weight is 349 g/mol. The minimum Gasteiger partial charge on any atom is -0.467 e. The lowest BCUT2D eigenvalue weighted by atomic mass is 10.1. The van der Waals surface area contributed by atoms with Crippen molar-refractivity contribution in [2.75, 3.05) is 5.32 Å². The van der Waals surface area contributed by atoms with Crippen LogP contribution in [-0.2, 0) is 13.0 Å². The summed E-state index contributed by atoms with van der Waals surface area (Å²) in [6.45, 7) is 2.28. The van der Waals surface area contributed by atoms with E-state index in [1.165, 1.54) is 12.3 Å². The number of nitrogens with zero attached hydrogens (tertiary/aromatic N) is 1. The van der Waals surface area contributed by atoms with Crippen molar-refractivity contribution in [1.82, 2.24) is 10.3 Å². The summed E-state index contributed by atoms with van der Waals surface area (Å²) in [5.74, 6) is -0.0122. The highest BCUT2D eigenvalue weighted by Crippen LogP contribution is 2.16. The van der Waals surface area contributed by atoms with Gasteiger partial charge in [0.25, 0.3) is 11.8 Å². The number of furan rings is 1. The van der Waals surface area contributed by atoms with Crippen LogP contribution in [0.4, 0.5) is 5.69 Å². The van der Waals surface area contributed by atoms with Gasteiger partial charge in [-0.2, -0.15) is 0 Å². The van der Waals surface area contributed by atoms with Gasteiger partial charge in [-0.15, -0.1) is 0 Å². The van der Waals surface area contributed by atoms with Crippen LogP contribution in [0.5, 0.6) is 0 Å². The number of benzene rings is 1. The van der Waals surface area contributed by atoms with E-state index in [1.54, 1.807) is 24.5 Å². The van der Waals surface area contributed by atoms with E-state index >= 15 is 0 Å². The van der Waals surface area contributed by atoms with Crippen LogP contribution in [0.25, 0.3) is 0 Å². The van der Waals surface area contributed by atoms with Crippen LogP contribution in [0, 0.1) is 0 Å². The molecule has 26 heavy (non-hydrogen) atoms. The first-order valence-corrected chi connectivity index (χ1v) is 8.33. The van der Waals surface area contributed by atoms with Crippen molar-refractivity contribution in [2.24, 2.45) is 0 Å². The van der Waals surface area contributed by atoms with Gasteiger partial charge in [0.15, 0.2) is 0 Å². The maximum Gasteiger partial charge on any atom is 0.270 e. The van der Waals surface area contributed by atoms with Gasteiger partial charge < -0.3 is 15.1 Å². The lowest BCUT2D eigenvalue weighted by molar-refractivity contribution is 0.0943. The van der Waals surface area contributed by atoms with Crippen LogP contribution in [0.15, 0.2) is 65.4 Å². The lowest BCUT2D eigenvalue weighted by Gasteiger charge is -2.10. The molecule has 0 aliphatic heterocycles. The number of amides is 2. The zero-order chi connectivity index (χ0) is 18.4. The number of pyridine rings is 1. The number of carbonyl (C=O) groups is 2. The molecule has 0 spiro atoms. The molecule has 0 bridgehead atoms. The van der Waals surface area contributed by atoms with Gasteiger partial charge >= 0.3 is 0 Å². The number of nitrogens with one attached hydrogen (secondary N) is 2. The molecule has 3 rings (SSSR count). The second-order valence-electron chi connectivity index (χ2n) is 5.66. The fraction of sp³-hybridized carbons (Fsp3) is 0.150. The molecule has 2 heterocycles. The number of anilines is 1. The topological polar surface area (TPSA) is 84.2 Å². The van der Waals surface area contributed by atoms with Crippen molar-refractivity contribution in [2.45, 2.75) is 19.9 Å². The fourth-order valence-corrected chi connectivity index (χ4v) is 2.51. The predicted octanol–water partition coefficient (Wildman–Crippen LogP) is 3.42. The van der Waals surface area contributed by atoms with E-state index in [-0.39, 0.29) is 24.1 Å². The zero-order valence-electron chi connectivity index (χ0n) is 14.4. The molecule has 0 saturated carbocycles. The minimum absolute atomic E-state index is 0.174. The zero-order valence-corrected chi connectivity index (χ0v) is 14.4. The average Bonchev–Trinajstić information content (AvgIpc) is 3.20. The first kappa shape index (κ1) is 17.4. The Morgan fingerprint density at radius 3 is 2.69 bits per heavy atom. The number of hydrogen-bond donors (Lipinski definition) is 2. The predicted molar refractivity (Wildman–Crippen MR) is 97.9 cm³/mol. The SMILES string of the molecule is CCc1ccccc1NC(=O)c1ccnc(C(=O)NCc2ccco2)c1. The monoisotopic (exact) mass is 349 g/mol.